The SMILES string of the molecule is C#CCCOc1nc(Cl)ncc1C(=O)NC(C)(C)C. The zero-order valence-electron chi connectivity index (χ0n) is 11.2. The van der Waals surface area contributed by atoms with Gasteiger partial charge in [0.05, 0.1) is 0 Å². The van der Waals surface area contributed by atoms with E-state index >= 15 is 0 Å². The third kappa shape index (κ3) is 5.14. The lowest BCUT2D eigenvalue weighted by Gasteiger charge is -2.21. The molecule has 5 nitrogen and oxygen atoms in total. The largest absolute Gasteiger partial charge is 0.476 e. The molecule has 1 amide bonds. The molecule has 0 aromatic carbocycles. The molecule has 0 saturated carbocycles. The predicted octanol–water partition coefficient (Wildman–Crippen LogP) is 2.06. The van der Waals surface area contributed by atoms with Crippen LogP contribution in [0.4, 0.5) is 0 Å². The van der Waals surface area contributed by atoms with Gasteiger partial charge in [-0.05, 0) is 32.4 Å². The number of hydrogen-bond donors (Lipinski definition) is 1. The van der Waals surface area contributed by atoms with Gasteiger partial charge in [0.25, 0.3) is 5.91 Å². The van der Waals surface area contributed by atoms with Crippen LogP contribution in [0.1, 0.15) is 37.6 Å². The molecule has 0 saturated heterocycles. The number of nitrogens with zero attached hydrogens (tertiary/aromatic N) is 2. The van der Waals surface area contributed by atoms with Crippen molar-refractivity contribution < 1.29 is 9.53 Å². The van der Waals surface area contributed by atoms with E-state index in [4.69, 9.17) is 22.8 Å². The van der Waals surface area contributed by atoms with Crippen LogP contribution in [0, 0.1) is 12.3 Å². The molecule has 0 aliphatic heterocycles. The standard InChI is InChI=1S/C13H16ClN3O2/c1-5-6-7-19-11-9(8-15-12(14)16-11)10(18)17-13(2,3)4/h1,8H,6-7H2,2-4H3,(H,17,18). The summed E-state index contributed by atoms with van der Waals surface area (Å²) >= 11 is 5.69. The molecule has 1 aromatic rings. The lowest BCUT2D eigenvalue weighted by atomic mass is 10.1. The smallest absolute Gasteiger partial charge is 0.258 e. The lowest BCUT2D eigenvalue weighted by Crippen LogP contribution is -2.40. The Labute approximate surface area is 117 Å². The van der Waals surface area contributed by atoms with Gasteiger partial charge < -0.3 is 10.1 Å². The Hall–Kier alpha value is -1.80. The molecular weight excluding hydrogens is 266 g/mol. The first-order chi connectivity index (χ1) is 8.83. The number of terminal acetylenes is 1. The van der Waals surface area contributed by atoms with Gasteiger partial charge in [-0.2, -0.15) is 4.98 Å². The maximum absolute atomic E-state index is 12.1. The van der Waals surface area contributed by atoms with Gasteiger partial charge >= 0.3 is 0 Å². The van der Waals surface area contributed by atoms with Gasteiger partial charge in [0.1, 0.15) is 12.2 Å². The van der Waals surface area contributed by atoms with Gasteiger partial charge in [0, 0.05) is 18.2 Å². The third-order valence-electron chi connectivity index (χ3n) is 1.94. The van der Waals surface area contributed by atoms with E-state index in [9.17, 15) is 4.79 Å². The maximum Gasteiger partial charge on any atom is 0.258 e. The quantitative estimate of drug-likeness (QED) is 0.521. The van der Waals surface area contributed by atoms with Crippen LogP contribution in [-0.2, 0) is 0 Å². The number of nitrogens with one attached hydrogen (secondary N) is 1. The molecule has 102 valence electrons. The van der Waals surface area contributed by atoms with Crippen molar-refractivity contribution in [2.45, 2.75) is 32.7 Å². The first kappa shape index (κ1) is 15.3. The Bertz CT molecular complexity index is 504. The number of carbonyl (C=O) groups is 1. The van der Waals surface area contributed by atoms with Gasteiger partial charge in [-0.1, -0.05) is 0 Å². The summed E-state index contributed by atoms with van der Waals surface area (Å²) in [6.45, 7) is 5.89. The molecule has 0 fully saturated rings. The molecule has 0 spiro atoms. The average Bonchev–Trinajstić information content (AvgIpc) is 2.27. The average molecular weight is 282 g/mol. The Kier molecular flexibility index (Phi) is 5.13. The van der Waals surface area contributed by atoms with Crippen molar-refractivity contribution in [2.24, 2.45) is 0 Å². The number of carbonyl (C=O) groups excluding carboxylic acids is 1. The van der Waals surface area contributed by atoms with Crippen molar-refractivity contribution in [1.82, 2.24) is 15.3 Å². The second-order valence-electron chi connectivity index (χ2n) is 4.86. The molecule has 1 aromatic heterocycles. The van der Waals surface area contributed by atoms with E-state index in [2.05, 4.69) is 21.2 Å². The molecule has 0 bridgehead atoms. The minimum absolute atomic E-state index is 0.0167. The molecule has 1 rings (SSSR count). The summed E-state index contributed by atoms with van der Waals surface area (Å²) < 4.78 is 5.36. The van der Waals surface area contributed by atoms with E-state index in [0.717, 1.165) is 0 Å². The molecular formula is C13H16ClN3O2. The summed E-state index contributed by atoms with van der Waals surface area (Å²) in [4.78, 5) is 19.8. The number of hydrogen-bond acceptors (Lipinski definition) is 4. The predicted molar refractivity (Wildman–Crippen MR) is 73.2 cm³/mol. The molecule has 0 aliphatic rings. The van der Waals surface area contributed by atoms with Crippen molar-refractivity contribution in [3.05, 3.63) is 17.0 Å². The van der Waals surface area contributed by atoms with Crippen molar-refractivity contribution in [3.63, 3.8) is 0 Å². The highest BCUT2D eigenvalue weighted by Crippen LogP contribution is 2.18. The first-order valence-electron chi connectivity index (χ1n) is 5.75. The number of rotatable bonds is 4. The van der Waals surface area contributed by atoms with E-state index in [0.29, 0.717) is 6.42 Å². The van der Waals surface area contributed by atoms with Gasteiger partial charge in [-0.15, -0.1) is 12.3 Å². The van der Waals surface area contributed by atoms with Crippen LogP contribution in [0.25, 0.3) is 0 Å². The van der Waals surface area contributed by atoms with Gasteiger partial charge in [0.2, 0.25) is 11.2 Å². The highest BCUT2D eigenvalue weighted by molar-refractivity contribution is 6.28. The van der Waals surface area contributed by atoms with Gasteiger partial charge in [0.15, 0.2) is 0 Å². The number of amides is 1. The summed E-state index contributed by atoms with van der Waals surface area (Å²) in [5.41, 5.74) is -0.136. The maximum atomic E-state index is 12.1. The minimum atomic E-state index is -0.368. The summed E-state index contributed by atoms with van der Waals surface area (Å²) in [5.74, 6) is 2.25. The Morgan fingerprint density at radius 1 is 1.58 bits per heavy atom. The zero-order valence-corrected chi connectivity index (χ0v) is 11.9. The summed E-state index contributed by atoms with van der Waals surface area (Å²) in [6.07, 6.45) is 6.89. The molecule has 19 heavy (non-hydrogen) atoms. The second kappa shape index (κ2) is 6.39. The van der Waals surface area contributed by atoms with Crippen molar-refractivity contribution in [3.8, 4) is 18.2 Å². The van der Waals surface area contributed by atoms with E-state index in [1.165, 1.54) is 6.20 Å². The summed E-state index contributed by atoms with van der Waals surface area (Å²) in [7, 11) is 0. The second-order valence-corrected chi connectivity index (χ2v) is 5.20. The molecule has 0 aliphatic carbocycles. The van der Waals surface area contributed by atoms with Crippen LogP contribution in [0.2, 0.25) is 5.28 Å². The van der Waals surface area contributed by atoms with E-state index in [1.807, 2.05) is 20.8 Å². The fraction of sp³-hybridized carbons (Fsp3) is 0.462. The van der Waals surface area contributed by atoms with E-state index in [1.54, 1.807) is 0 Å². The first-order valence-corrected chi connectivity index (χ1v) is 6.12. The van der Waals surface area contributed by atoms with Crippen LogP contribution in [0.15, 0.2) is 6.20 Å². The van der Waals surface area contributed by atoms with Crippen LogP contribution in [0.5, 0.6) is 5.88 Å². The zero-order chi connectivity index (χ0) is 14.5. The fourth-order valence-electron chi connectivity index (χ4n) is 1.23. The van der Waals surface area contributed by atoms with Crippen LogP contribution in [-0.4, -0.2) is 28.0 Å². The lowest BCUT2D eigenvalue weighted by molar-refractivity contribution is 0.0914. The Balaban J connectivity index is 2.93. The highest BCUT2D eigenvalue weighted by atomic mass is 35.5. The third-order valence-corrected chi connectivity index (χ3v) is 2.12. The molecule has 1 N–H and O–H groups in total. The van der Waals surface area contributed by atoms with Crippen LogP contribution >= 0.6 is 11.6 Å². The van der Waals surface area contributed by atoms with Crippen molar-refractivity contribution in [2.75, 3.05) is 6.61 Å². The molecule has 0 unspecified atom stereocenters. The summed E-state index contributed by atoms with van der Waals surface area (Å²) in [6, 6.07) is 0. The van der Waals surface area contributed by atoms with E-state index in [-0.39, 0.29) is 34.8 Å². The van der Waals surface area contributed by atoms with Crippen molar-refractivity contribution in [1.29, 1.82) is 0 Å². The van der Waals surface area contributed by atoms with Crippen LogP contribution in [0.3, 0.4) is 0 Å². The van der Waals surface area contributed by atoms with E-state index < -0.39 is 0 Å². The number of aromatic nitrogens is 2. The number of halogens is 1. The normalized spacial score (nSPS) is 10.7. The topological polar surface area (TPSA) is 64.1 Å². The fourth-order valence-corrected chi connectivity index (χ4v) is 1.35. The molecule has 0 atom stereocenters. The van der Waals surface area contributed by atoms with Gasteiger partial charge in [-0.3, -0.25) is 4.79 Å². The minimum Gasteiger partial charge on any atom is -0.476 e. The molecule has 6 heteroatoms. The molecule has 1 heterocycles. The molecule has 0 radical (unpaired) electrons. The van der Waals surface area contributed by atoms with Crippen molar-refractivity contribution >= 4 is 17.5 Å². The number of ether oxygens (including phenoxy) is 1. The monoisotopic (exact) mass is 281 g/mol. The Morgan fingerprint density at radius 2 is 2.26 bits per heavy atom. The highest BCUT2D eigenvalue weighted by Gasteiger charge is 2.20. The summed E-state index contributed by atoms with van der Waals surface area (Å²) in [5, 5.41) is 2.82. The van der Waals surface area contributed by atoms with Crippen LogP contribution < -0.4 is 10.1 Å². The van der Waals surface area contributed by atoms with Gasteiger partial charge in [-0.25, -0.2) is 4.98 Å². The Morgan fingerprint density at radius 3 is 2.84 bits per heavy atom.